The molecule has 3 aromatic carbocycles. The molecule has 0 aliphatic heterocycles. The minimum atomic E-state index is -0.718. The van der Waals surface area contributed by atoms with Gasteiger partial charge in [0.25, 0.3) is 5.91 Å². The highest BCUT2D eigenvalue weighted by Gasteiger charge is 2.21. The summed E-state index contributed by atoms with van der Waals surface area (Å²) in [6.45, 7) is 4.11. The molecule has 0 unspecified atom stereocenters. The summed E-state index contributed by atoms with van der Waals surface area (Å²) >= 11 is 0. The molecule has 0 spiro atoms. The normalized spacial score (nSPS) is 11.0. The minimum absolute atomic E-state index is 0.158. The molecule has 156 valence electrons. The quantitative estimate of drug-likeness (QED) is 0.556. The Kier molecular flexibility index (Phi) is 7.09. The molecule has 2 N–H and O–H groups in total. The van der Waals surface area contributed by atoms with E-state index in [0.29, 0.717) is 30.3 Å². The van der Waals surface area contributed by atoms with E-state index < -0.39 is 5.54 Å². The van der Waals surface area contributed by atoms with Gasteiger partial charge in [0, 0.05) is 5.56 Å². The van der Waals surface area contributed by atoms with Crippen molar-refractivity contribution in [3.63, 3.8) is 0 Å². The molecule has 0 saturated carbocycles. The summed E-state index contributed by atoms with van der Waals surface area (Å²) in [5, 5.41) is 12.2. The predicted molar refractivity (Wildman–Crippen MR) is 117 cm³/mol. The van der Waals surface area contributed by atoms with Crippen LogP contribution in [0.25, 0.3) is 0 Å². The maximum atomic E-state index is 12.6. The lowest BCUT2D eigenvalue weighted by molar-refractivity contribution is 0.0868. The van der Waals surface area contributed by atoms with Gasteiger partial charge in [-0.2, -0.15) is 0 Å². The number of ether oxygens (including phenoxy) is 2. The lowest BCUT2D eigenvalue weighted by atomic mass is 10.1. The molecule has 30 heavy (non-hydrogen) atoms. The number of hydrogen-bond donors (Lipinski definition) is 2. The fourth-order valence-corrected chi connectivity index (χ4v) is 2.77. The zero-order chi connectivity index (χ0) is 21.4. The van der Waals surface area contributed by atoms with Crippen LogP contribution in [0.15, 0.2) is 78.9 Å². The van der Waals surface area contributed by atoms with E-state index in [1.165, 1.54) is 0 Å². The maximum absolute atomic E-state index is 12.6. The standard InChI is InChI=1S/C25H27NO4/c1-25(2,18-27)26-24(28)21-13-14-22(29-16-19-9-5-3-6-10-19)23(15-21)30-17-20-11-7-4-8-12-20/h3-15,27H,16-18H2,1-2H3,(H,26,28). The molecular weight excluding hydrogens is 378 g/mol. The highest BCUT2D eigenvalue weighted by atomic mass is 16.5. The van der Waals surface area contributed by atoms with E-state index in [9.17, 15) is 9.90 Å². The topological polar surface area (TPSA) is 67.8 Å². The van der Waals surface area contributed by atoms with Crippen LogP contribution in [-0.2, 0) is 13.2 Å². The van der Waals surface area contributed by atoms with Crippen LogP contribution in [0, 0.1) is 0 Å². The number of nitrogens with one attached hydrogen (secondary N) is 1. The first-order valence-electron chi connectivity index (χ1n) is 9.88. The van der Waals surface area contributed by atoms with E-state index in [4.69, 9.17) is 9.47 Å². The molecule has 5 nitrogen and oxygen atoms in total. The van der Waals surface area contributed by atoms with Gasteiger partial charge in [-0.1, -0.05) is 60.7 Å². The number of rotatable bonds is 9. The second-order valence-corrected chi connectivity index (χ2v) is 7.71. The van der Waals surface area contributed by atoms with E-state index in [1.54, 1.807) is 32.0 Å². The van der Waals surface area contributed by atoms with E-state index in [2.05, 4.69) is 5.32 Å². The van der Waals surface area contributed by atoms with Crippen molar-refractivity contribution in [1.29, 1.82) is 0 Å². The van der Waals surface area contributed by atoms with E-state index in [1.807, 2.05) is 60.7 Å². The van der Waals surface area contributed by atoms with Crippen LogP contribution in [0.3, 0.4) is 0 Å². The summed E-state index contributed by atoms with van der Waals surface area (Å²) in [5.74, 6) is 0.769. The van der Waals surface area contributed by atoms with Crippen molar-refractivity contribution in [2.24, 2.45) is 0 Å². The predicted octanol–water partition coefficient (Wildman–Crippen LogP) is 4.35. The van der Waals surface area contributed by atoms with Crippen LogP contribution < -0.4 is 14.8 Å². The second kappa shape index (κ2) is 9.94. The van der Waals surface area contributed by atoms with Crippen molar-refractivity contribution in [3.05, 3.63) is 95.6 Å². The van der Waals surface area contributed by atoms with Gasteiger partial charge in [-0.3, -0.25) is 4.79 Å². The number of aliphatic hydroxyl groups is 1. The molecule has 0 aromatic heterocycles. The Labute approximate surface area is 177 Å². The first kappa shape index (κ1) is 21.4. The van der Waals surface area contributed by atoms with E-state index >= 15 is 0 Å². The number of benzene rings is 3. The first-order chi connectivity index (χ1) is 14.5. The molecule has 0 aliphatic rings. The van der Waals surface area contributed by atoms with Gasteiger partial charge in [0.2, 0.25) is 0 Å². The molecule has 0 heterocycles. The van der Waals surface area contributed by atoms with Crippen LogP contribution in [0.2, 0.25) is 0 Å². The van der Waals surface area contributed by atoms with Gasteiger partial charge >= 0.3 is 0 Å². The third-order valence-corrected chi connectivity index (χ3v) is 4.53. The lowest BCUT2D eigenvalue weighted by Crippen LogP contribution is -2.46. The van der Waals surface area contributed by atoms with Crippen LogP contribution in [0.5, 0.6) is 11.5 Å². The van der Waals surface area contributed by atoms with Crippen molar-refractivity contribution < 1.29 is 19.4 Å². The van der Waals surface area contributed by atoms with Gasteiger partial charge in [-0.15, -0.1) is 0 Å². The van der Waals surface area contributed by atoms with Gasteiger partial charge in [0.05, 0.1) is 12.1 Å². The van der Waals surface area contributed by atoms with Crippen molar-refractivity contribution >= 4 is 5.91 Å². The highest BCUT2D eigenvalue weighted by molar-refractivity contribution is 5.95. The third kappa shape index (κ3) is 6.09. The molecular formula is C25H27NO4. The Hall–Kier alpha value is -3.31. The number of carbonyl (C=O) groups excluding carboxylic acids is 1. The van der Waals surface area contributed by atoms with Crippen molar-refractivity contribution in [1.82, 2.24) is 5.32 Å². The Balaban J connectivity index is 1.80. The van der Waals surface area contributed by atoms with Crippen molar-refractivity contribution in [3.8, 4) is 11.5 Å². The molecule has 3 aromatic rings. The Morgan fingerprint density at radius 1 is 0.833 bits per heavy atom. The first-order valence-corrected chi connectivity index (χ1v) is 9.88. The van der Waals surface area contributed by atoms with E-state index in [0.717, 1.165) is 11.1 Å². The fraction of sp³-hybridized carbons (Fsp3) is 0.240. The summed E-state index contributed by atoms with van der Waals surface area (Å²) in [7, 11) is 0. The number of aliphatic hydroxyl groups excluding tert-OH is 1. The molecule has 0 aliphatic carbocycles. The summed E-state index contributed by atoms with van der Waals surface area (Å²) in [5.41, 5.74) is 1.78. The number of hydrogen-bond acceptors (Lipinski definition) is 4. The Morgan fingerprint density at radius 3 is 1.90 bits per heavy atom. The molecule has 1 amide bonds. The summed E-state index contributed by atoms with van der Waals surface area (Å²) in [4.78, 5) is 12.6. The average Bonchev–Trinajstić information content (AvgIpc) is 2.77. The Bertz CT molecular complexity index is 955. The summed E-state index contributed by atoms with van der Waals surface area (Å²) in [6, 6.07) is 24.8. The maximum Gasteiger partial charge on any atom is 0.251 e. The average molecular weight is 405 g/mol. The minimum Gasteiger partial charge on any atom is -0.485 e. The van der Waals surface area contributed by atoms with Crippen LogP contribution in [0.4, 0.5) is 0 Å². The lowest BCUT2D eigenvalue weighted by Gasteiger charge is -2.23. The van der Waals surface area contributed by atoms with Crippen LogP contribution in [-0.4, -0.2) is 23.2 Å². The molecule has 0 bridgehead atoms. The molecule has 3 rings (SSSR count). The third-order valence-electron chi connectivity index (χ3n) is 4.53. The number of amides is 1. The van der Waals surface area contributed by atoms with E-state index in [-0.39, 0.29) is 12.5 Å². The van der Waals surface area contributed by atoms with Gasteiger partial charge < -0.3 is 19.9 Å². The van der Waals surface area contributed by atoms with Gasteiger partial charge in [-0.05, 0) is 43.2 Å². The summed E-state index contributed by atoms with van der Waals surface area (Å²) in [6.07, 6.45) is 0. The zero-order valence-electron chi connectivity index (χ0n) is 17.3. The smallest absolute Gasteiger partial charge is 0.251 e. The van der Waals surface area contributed by atoms with Crippen LogP contribution in [0.1, 0.15) is 35.3 Å². The van der Waals surface area contributed by atoms with Gasteiger partial charge in [-0.25, -0.2) is 0 Å². The van der Waals surface area contributed by atoms with Gasteiger partial charge in [0.1, 0.15) is 13.2 Å². The van der Waals surface area contributed by atoms with Crippen molar-refractivity contribution in [2.45, 2.75) is 32.6 Å². The molecule has 0 radical (unpaired) electrons. The Morgan fingerprint density at radius 2 is 1.37 bits per heavy atom. The fourth-order valence-electron chi connectivity index (χ4n) is 2.77. The zero-order valence-corrected chi connectivity index (χ0v) is 17.3. The number of carbonyl (C=O) groups is 1. The van der Waals surface area contributed by atoms with Crippen molar-refractivity contribution in [2.75, 3.05) is 6.61 Å². The largest absolute Gasteiger partial charge is 0.485 e. The van der Waals surface area contributed by atoms with Gasteiger partial charge in [0.15, 0.2) is 11.5 Å². The highest BCUT2D eigenvalue weighted by Crippen LogP contribution is 2.30. The second-order valence-electron chi connectivity index (χ2n) is 7.71. The molecule has 0 fully saturated rings. The summed E-state index contributed by atoms with van der Waals surface area (Å²) < 4.78 is 12.0. The van der Waals surface area contributed by atoms with Crippen LogP contribution >= 0.6 is 0 Å². The SMILES string of the molecule is CC(C)(CO)NC(=O)c1ccc(OCc2ccccc2)c(OCc2ccccc2)c1. The molecule has 0 atom stereocenters. The molecule has 5 heteroatoms. The molecule has 0 saturated heterocycles. The monoisotopic (exact) mass is 405 g/mol.